The second kappa shape index (κ2) is 12.4. The molecular formula is C30H30ClN5O5S2. The van der Waals surface area contributed by atoms with E-state index in [1.54, 1.807) is 42.5 Å². The first-order valence-electron chi connectivity index (χ1n) is 13.4. The maximum Gasteiger partial charge on any atom is 0.259 e. The molecule has 1 N–H and O–H groups in total. The maximum absolute atomic E-state index is 13.6. The molecule has 224 valence electrons. The van der Waals surface area contributed by atoms with E-state index in [-0.39, 0.29) is 29.4 Å². The molecule has 10 nitrogen and oxygen atoms in total. The topological polar surface area (TPSA) is 121 Å². The van der Waals surface area contributed by atoms with Gasteiger partial charge in [-0.05, 0) is 62.4 Å². The van der Waals surface area contributed by atoms with E-state index in [9.17, 15) is 21.6 Å². The highest BCUT2D eigenvalue weighted by Gasteiger charge is 2.43. The van der Waals surface area contributed by atoms with Gasteiger partial charge in [-0.25, -0.2) is 22.3 Å². The van der Waals surface area contributed by atoms with Gasteiger partial charge in [0.05, 0.1) is 16.0 Å². The summed E-state index contributed by atoms with van der Waals surface area (Å²) in [4.78, 5) is 13.6. The smallest absolute Gasteiger partial charge is 0.259 e. The van der Waals surface area contributed by atoms with Crippen molar-refractivity contribution in [3.8, 4) is 5.69 Å². The number of aromatic nitrogens is 1. The predicted molar refractivity (Wildman–Crippen MR) is 165 cm³/mol. The Morgan fingerprint density at radius 1 is 0.860 bits per heavy atom. The van der Waals surface area contributed by atoms with Crippen molar-refractivity contribution < 1.29 is 21.6 Å². The lowest BCUT2D eigenvalue weighted by atomic mass is 10.2. The summed E-state index contributed by atoms with van der Waals surface area (Å²) in [7, 11) is -8.11. The summed E-state index contributed by atoms with van der Waals surface area (Å²) < 4.78 is 58.1. The zero-order chi connectivity index (χ0) is 30.8. The van der Waals surface area contributed by atoms with Crippen molar-refractivity contribution in [1.82, 2.24) is 18.6 Å². The number of halogens is 1. The lowest BCUT2D eigenvalue weighted by molar-refractivity contribution is -0.125. The minimum Gasteiger partial charge on any atom is -0.318 e. The summed E-state index contributed by atoms with van der Waals surface area (Å²) in [5.74, 6) is -0.757. The fraction of sp³-hybridized carbons (Fsp3) is 0.200. The molecule has 4 aromatic rings. The average molecular weight is 640 g/mol. The van der Waals surface area contributed by atoms with Crippen LogP contribution in [0.15, 0.2) is 106 Å². The van der Waals surface area contributed by atoms with E-state index < -0.39 is 32.0 Å². The molecule has 0 radical (unpaired) electrons. The van der Waals surface area contributed by atoms with Gasteiger partial charge in [0, 0.05) is 47.3 Å². The van der Waals surface area contributed by atoms with Gasteiger partial charge < -0.3 is 4.57 Å². The molecular weight excluding hydrogens is 610 g/mol. The Bertz CT molecular complexity index is 1880. The van der Waals surface area contributed by atoms with Crippen LogP contribution in [0.1, 0.15) is 17.0 Å². The molecule has 1 fully saturated rings. The molecule has 0 bridgehead atoms. The molecule has 1 aliphatic rings. The number of carbonyl (C=O) groups excluding carboxylic acids is 1. The zero-order valence-corrected chi connectivity index (χ0v) is 25.8. The fourth-order valence-electron chi connectivity index (χ4n) is 5.10. The Hall–Kier alpha value is -3.81. The third-order valence-corrected chi connectivity index (χ3v) is 11.3. The molecule has 3 aromatic carbocycles. The Kier molecular flexibility index (Phi) is 8.86. The van der Waals surface area contributed by atoms with Crippen LogP contribution < -0.4 is 5.43 Å². The molecule has 2 heterocycles. The molecule has 0 saturated carbocycles. The Labute approximate surface area is 256 Å². The largest absolute Gasteiger partial charge is 0.318 e. The lowest BCUT2D eigenvalue weighted by Crippen LogP contribution is -2.60. The van der Waals surface area contributed by atoms with Crippen LogP contribution in [0.3, 0.4) is 0 Å². The molecule has 43 heavy (non-hydrogen) atoms. The van der Waals surface area contributed by atoms with Crippen LogP contribution in [-0.4, -0.2) is 67.8 Å². The van der Waals surface area contributed by atoms with E-state index in [1.165, 1.54) is 30.5 Å². The molecule has 5 rings (SSSR count). The molecule has 0 aliphatic carbocycles. The van der Waals surface area contributed by atoms with Crippen LogP contribution in [0, 0.1) is 13.8 Å². The molecule has 13 heteroatoms. The van der Waals surface area contributed by atoms with Gasteiger partial charge in [-0.15, -0.1) is 0 Å². The highest BCUT2D eigenvalue weighted by molar-refractivity contribution is 7.89. The van der Waals surface area contributed by atoms with Crippen molar-refractivity contribution >= 4 is 43.8 Å². The number of hydrogen-bond donors (Lipinski definition) is 1. The summed E-state index contributed by atoms with van der Waals surface area (Å²) in [6.07, 6.45) is 1.47. The van der Waals surface area contributed by atoms with Crippen LogP contribution in [0.25, 0.3) is 5.69 Å². The van der Waals surface area contributed by atoms with Gasteiger partial charge in [-0.3, -0.25) is 4.79 Å². The number of sulfonamides is 2. The van der Waals surface area contributed by atoms with Crippen LogP contribution in [0.5, 0.6) is 0 Å². The molecule has 1 amide bonds. The molecule has 1 atom stereocenters. The van der Waals surface area contributed by atoms with Gasteiger partial charge in [-0.1, -0.05) is 54.1 Å². The number of rotatable bonds is 8. The van der Waals surface area contributed by atoms with Crippen molar-refractivity contribution in [1.29, 1.82) is 0 Å². The highest BCUT2D eigenvalue weighted by atomic mass is 35.5. The van der Waals surface area contributed by atoms with Crippen LogP contribution in [0.4, 0.5) is 0 Å². The van der Waals surface area contributed by atoms with Crippen LogP contribution >= 0.6 is 11.6 Å². The van der Waals surface area contributed by atoms with Gasteiger partial charge in [0.1, 0.15) is 6.04 Å². The Morgan fingerprint density at radius 3 is 2.12 bits per heavy atom. The van der Waals surface area contributed by atoms with Gasteiger partial charge in [0.15, 0.2) is 0 Å². The first kappa shape index (κ1) is 30.6. The standard InChI is InChI=1S/C30H30ClN5O5S2/c1-22-18-24(23(2)36(22)26-11-9-10-25(31)19-26)20-32-33-30(37)29-21-34(42(38,39)27-12-5-3-6-13-27)16-17-35(29)43(40,41)28-14-7-4-8-15-28/h3-15,18-20,29H,16-17,21H2,1-2H3,(H,33,37)/b32-20-/t29-/m1/s1. The minimum absolute atomic E-state index is 0.00382. The Morgan fingerprint density at radius 2 is 1.49 bits per heavy atom. The summed E-state index contributed by atoms with van der Waals surface area (Å²) in [6.45, 7) is 3.12. The number of nitrogens with one attached hydrogen (secondary N) is 1. The highest BCUT2D eigenvalue weighted by Crippen LogP contribution is 2.26. The molecule has 0 spiro atoms. The second-order valence-corrected chi connectivity index (χ2v) is 14.3. The lowest BCUT2D eigenvalue weighted by Gasteiger charge is -2.38. The predicted octanol–water partition coefficient (Wildman–Crippen LogP) is 3.96. The molecule has 1 saturated heterocycles. The van der Waals surface area contributed by atoms with Gasteiger partial charge >= 0.3 is 0 Å². The maximum atomic E-state index is 13.6. The van der Waals surface area contributed by atoms with Gasteiger partial charge in [0.2, 0.25) is 20.0 Å². The molecule has 1 aromatic heterocycles. The van der Waals surface area contributed by atoms with Crippen molar-refractivity contribution in [3.05, 3.63) is 113 Å². The van der Waals surface area contributed by atoms with E-state index >= 15 is 0 Å². The number of amides is 1. The summed E-state index contributed by atoms with van der Waals surface area (Å²) in [6, 6.07) is 23.5. The second-order valence-electron chi connectivity index (χ2n) is 10.00. The number of hydrazone groups is 1. The van der Waals surface area contributed by atoms with Gasteiger partial charge in [-0.2, -0.15) is 13.7 Å². The van der Waals surface area contributed by atoms with E-state index in [1.807, 2.05) is 42.7 Å². The third-order valence-electron chi connectivity index (χ3n) is 7.24. The summed E-state index contributed by atoms with van der Waals surface area (Å²) in [5, 5.41) is 4.72. The van der Waals surface area contributed by atoms with Crippen molar-refractivity contribution in [2.24, 2.45) is 5.10 Å². The van der Waals surface area contributed by atoms with Crippen LogP contribution in [0.2, 0.25) is 5.02 Å². The minimum atomic E-state index is -4.13. The third kappa shape index (κ3) is 6.29. The molecule has 1 aliphatic heterocycles. The van der Waals surface area contributed by atoms with Gasteiger partial charge in [0.25, 0.3) is 5.91 Å². The van der Waals surface area contributed by atoms with E-state index in [0.717, 1.165) is 31.2 Å². The van der Waals surface area contributed by atoms with Crippen molar-refractivity contribution in [3.63, 3.8) is 0 Å². The van der Waals surface area contributed by atoms with Crippen molar-refractivity contribution in [2.45, 2.75) is 29.7 Å². The van der Waals surface area contributed by atoms with E-state index in [4.69, 9.17) is 11.6 Å². The number of benzene rings is 3. The summed E-state index contributed by atoms with van der Waals surface area (Å²) >= 11 is 6.18. The number of nitrogens with zero attached hydrogens (tertiary/aromatic N) is 4. The first-order chi connectivity index (χ1) is 20.5. The van der Waals surface area contributed by atoms with Crippen molar-refractivity contribution in [2.75, 3.05) is 19.6 Å². The van der Waals surface area contributed by atoms with E-state index in [0.29, 0.717) is 5.02 Å². The average Bonchev–Trinajstić information content (AvgIpc) is 3.29. The number of carbonyl (C=O) groups is 1. The summed E-state index contributed by atoms with van der Waals surface area (Å²) in [5.41, 5.74) is 5.81. The van der Waals surface area contributed by atoms with E-state index in [2.05, 4.69) is 10.5 Å². The SMILES string of the molecule is Cc1cc(/C=N\NC(=O)[C@H]2CN(S(=O)(=O)c3ccccc3)CCN2S(=O)(=O)c2ccccc2)c(C)n1-c1cccc(Cl)c1. The molecule has 0 unspecified atom stereocenters. The Balaban J connectivity index is 1.42. The number of piperazine rings is 1. The first-order valence-corrected chi connectivity index (χ1v) is 16.7. The number of aryl methyl sites for hydroxylation is 1. The normalized spacial score (nSPS) is 16.9. The quantitative estimate of drug-likeness (QED) is 0.231. The monoisotopic (exact) mass is 639 g/mol. The zero-order valence-electron chi connectivity index (χ0n) is 23.5. The van der Waals surface area contributed by atoms with Crippen LogP contribution in [-0.2, 0) is 24.8 Å². The fourth-order valence-corrected chi connectivity index (χ4v) is 8.34. The number of hydrogen-bond acceptors (Lipinski definition) is 6.